The Morgan fingerprint density at radius 1 is 1.42 bits per heavy atom. The lowest BCUT2D eigenvalue weighted by Gasteiger charge is -2.23. The predicted molar refractivity (Wildman–Crippen MR) is 75.4 cm³/mol. The van der Waals surface area contributed by atoms with E-state index in [-0.39, 0.29) is 0 Å². The van der Waals surface area contributed by atoms with Gasteiger partial charge in [-0.1, -0.05) is 6.92 Å². The van der Waals surface area contributed by atoms with Crippen LogP contribution in [0.1, 0.15) is 31.0 Å². The molecule has 19 heavy (non-hydrogen) atoms. The Hall–Kier alpha value is -1.13. The summed E-state index contributed by atoms with van der Waals surface area (Å²) in [6, 6.07) is 2.03. The highest BCUT2D eigenvalue weighted by molar-refractivity contribution is 5.32. The summed E-state index contributed by atoms with van der Waals surface area (Å²) in [6.07, 6.45) is 4.12. The minimum atomic E-state index is 0.620. The van der Waals surface area contributed by atoms with Gasteiger partial charge in [-0.3, -0.25) is 4.98 Å². The summed E-state index contributed by atoms with van der Waals surface area (Å²) in [5.41, 5.74) is 2.14. The van der Waals surface area contributed by atoms with Crippen LogP contribution in [0.5, 0.6) is 5.75 Å². The first-order valence-electron chi connectivity index (χ1n) is 7.16. The molecule has 0 spiro atoms. The lowest BCUT2D eigenvalue weighted by Crippen LogP contribution is -2.22. The molecule has 0 bridgehead atoms. The molecule has 1 N–H and O–H groups in total. The molecule has 0 atom stereocenters. The molecule has 0 saturated carbocycles. The van der Waals surface area contributed by atoms with Gasteiger partial charge in [0, 0.05) is 43.3 Å². The van der Waals surface area contributed by atoms with Crippen molar-refractivity contribution >= 4 is 0 Å². The summed E-state index contributed by atoms with van der Waals surface area (Å²) >= 11 is 0. The summed E-state index contributed by atoms with van der Waals surface area (Å²) < 4.78 is 11.4. The molecule has 1 saturated heterocycles. The average molecular weight is 264 g/mol. The Morgan fingerprint density at radius 2 is 2.21 bits per heavy atom. The molecule has 2 rings (SSSR count). The largest absolute Gasteiger partial charge is 0.493 e. The van der Waals surface area contributed by atoms with Gasteiger partial charge in [0.05, 0.1) is 6.61 Å². The van der Waals surface area contributed by atoms with E-state index >= 15 is 0 Å². The van der Waals surface area contributed by atoms with Crippen LogP contribution >= 0.6 is 0 Å². The van der Waals surface area contributed by atoms with E-state index in [1.54, 1.807) is 0 Å². The summed E-state index contributed by atoms with van der Waals surface area (Å²) in [5.74, 6) is 1.59. The number of aryl methyl sites for hydroxylation is 1. The third-order valence-corrected chi connectivity index (χ3v) is 3.46. The van der Waals surface area contributed by atoms with Crippen LogP contribution in [0, 0.1) is 12.8 Å². The lowest BCUT2D eigenvalue weighted by atomic mass is 10.0. The van der Waals surface area contributed by atoms with Crippen molar-refractivity contribution in [3.63, 3.8) is 0 Å². The number of hydrogen-bond acceptors (Lipinski definition) is 4. The number of nitrogens with zero attached hydrogens (tertiary/aromatic N) is 1. The van der Waals surface area contributed by atoms with Crippen LogP contribution in [0.3, 0.4) is 0 Å². The van der Waals surface area contributed by atoms with Crippen molar-refractivity contribution in [3.8, 4) is 5.75 Å². The zero-order chi connectivity index (χ0) is 13.5. The topological polar surface area (TPSA) is 43.4 Å². The van der Waals surface area contributed by atoms with E-state index in [1.807, 2.05) is 19.2 Å². The first-order valence-corrected chi connectivity index (χ1v) is 7.16. The first kappa shape index (κ1) is 14.3. The van der Waals surface area contributed by atoms with E-state index in [9.17, 15) is 0 Å². The number of ether oxygens (including phenoxy) is 2. The monoisotopic (exact) mass is 264 g/mol. The summed E-state index contributed by atoms with van der Waals surface area (Å²) in [7, 11) is 0. The molecule has 1 aliphatic rings. The molecule has 1 aromatic rings. The second-order valence-electron chi connectivity index (χ2n) is 5.08. The van der Waals surface area contributed by atoms with Crippen molar-refractivity contribution in [3.05, 3.63) is 23.5 Å². The molecule has 1 aliphatic heterocycles. The van der Waals surface area contributed by atoms with E-state index in [4.69, 9.17) is 9.47 Å². The standard InChI is InChI=1S/C15H24N2O2/c1-3-16-9-14-10-17-12(2)8-15(14)19-11-13-4-6-18-7-5-13/h8,10,13,16H,3-7,9,11H2,1-2H3. The molecule has 106 valence electrons. The Bertz CT molecular complexity index is 390. The van der Waals surface area contributed by atoms with Crippen molar-refractivity contribution in [2.24, 2.45) is 5.92 Å². The fourth-order valence-corrected chi connectivity index (χ4v) is 2.21. The van der Waals surface area contributed by atoms with E-state index in [1.165, 1.54) is 0 Å². The minimum Gasteiger partial charge on any atom is -0.493 e. The van der Waals surface area contributed by atoms with E-state index < -0.39 is 0 Å². The van der Waals surface area contributed by atoms with Crippen LogP contribution in [0.2, 0.25) is 0 Å². The van der Waals surface area contributed by atoms with Crippen molar-refractivity contribution in [1.82, 2.24) is 10.3 Å². The Balaban J connectivity index is 1.94. The highest BCUT2D eigenvalue weighted by Crippen LogP contribution is 2.22. The molecule has 0 aliphatic carbocycles. The van der Waals surface area contributed by atoms with Gasteiger partial charge in [0.1, 0.15) is 5.75 Å². The maximum absolute atomic E-state index is 6.02. The smallest absolute Gasteiger partial charge is 0.127 e. The van der Waals surface area contributed by atoms with Crippen LogP contribution in [-0.4, -0.2) is 31.3 Å². The zero-order valence-corrected chi connectivity index (χ0v) is 11.9. The normalized spacial score (nSPS) is 16.5. The highest BCUT2D eigenvalue weighted by atomic mass is 16.5. The van der Waals surface area contributed by atoms with Crippen LogP contribution in [0.25, 0.3) is 0 Å². The summed E-state index contributed by atoms with van der Waals surface area (Å²) in [6.45, 7) is 8.38. The first-order chi connectivity index (χ1) is 9.29. The maximum atomic E-state index is 6.02. The predicted octanol–water partition coefficient (Wildman–Crippen LogP) is 2.30. The third-order valence-electron chi connectivity index (χ3n) is 3.46. The number of pyridine rings is 1. The van der Waals surface area contributed by atoms with Gasteiger partial charge >= 0.3 is 0 Å². The molecule has 0 radical (unpaired) electrons. The molecule has 0 amide bonds. The molecule has 2 heterocycles. The van der Waals surface area contributed by atoms with E-state index in [2.05, 4.69) is 17.2 Å². The van der Waals surface area contributed by atoms with Gasteiger partial charge in [-0.2, -0.15) is 0 Å². The van der Waals surface area contributed by atoms with Crippen LogP contribution in [-0.2, 0) is 11.3 Å². The molecule has 0 unspecified atom stereocenters. The third kappa shape index (κ3) is 4.48. The number of rotatable bonds is 6. The zero-order valence-electron chi connectivity index (χ0n) is 11.9. The van der Waals surface area contributed by atoms with Crippen molar-refractivity contribution in [2.75, 3.05) is 26.4 Å². The molecule has 4 heteroatoms. The molecular formula is C15H24N2O2. The molecular weight excluding hydrogens is 240 g/mol. The van der Waals surface area contributed by atoms with Gasteiger partial charge in [0.2, 0.25) is 0 Å². The second-order valence-corrected chi connectivity index (χ2v) is 5.08. The number of aromatic nitrogens is 1. The summed E-state index contributed by atoms with van der Waals surface area (Å²) in [4.78, 5) is 4.35. The van der Waals surface area contributed by atoms with Crippen molar-refractivity contribution < 1.29 is 9.47 Å². The van der Waals surface area contributed by atoms with Crippen molar-refractivity contribution in [1.29, 1.82) is 0 Å². The minimum absolute atomic E-state index is 0.620. The molecule has 1 aromatic heterocycles. The Morgan fingerprint density at radius 3 is 2.95 bits per heavy atom. The molecule has 4 nitrogen and oxygen atoms in total. The lowest BCUT2D eigenvalue weighted by molar-refractivity contribution is 0.0496. The van der Waals surface area contributed by atoms with Crippen LogP contribution in [0.4, 0.5) is 0 Å². The van der Waals surface area contributed by atoms with Gasteiger partial charge in [0.25, 0.3) is 0 Å². The molecule has 0 aromatic carbocycles. The van der Waals surface area contributed by atoms with Gasteiger partial charge in [0.15, 0.2) is 0 Å². The Kier molecular flexibility index (Phi) is 5.61. The van der Waals surface area contributed by atoms with E-state index in [0.29, 0.717) is 5.92 Å². The fraction of sp³-hybridized carbons (Fsp3) is 0.667. The Labute approximate surface area is 115 Å². The number of hydrogen-bond donors (Lipinski definition) is 1. The quantitative estimate of drug-likeness (QED) is 0.856. The highest BCUT2D eigenvalue weighted by Gasteiger charge is 2.15. The average Bonchev–Trinajstić information content (AvgIpc) is 2.45. The van der Waals surface area contributed by atoms with Crippen LogP contribution < -0.4 is 10.1 Å². The van der Waals surface area contributed by atoms with Gasteiger partial charge in [-0.25, -0.2) is 0 Å². The fourth-order valence-electron chi connectivity index (χ4n) is 2.21. The SMILES string of the molecule is CCNCc1cnc(C)cc1OCC1CCOCC1. The van der Waals surface area contributed by atoms with Crippen molar-refractivity contribution in [2.45, 2.75) is 33.2 Å². The van der Waals surface area contributed by atoms with Gasteiger partial charge < -0.3 is 14.8 Å². The van der Waals surface area contributed by atoms with Crippen LogP contribution in [0.15, 0.2) is 12.3 Å². The van der Waals surface area contributed by atoms with Gasteiger partial charge in [-0.05, 0) is 32.2 Å². The van der Waals surface area contributed by atoms with Gasteiger partial charge in [-0.15, -0.1) is 0 Å². The van der Waals surface area contributed by atoms with E-state index in [0.717, 1.165) is 62.8 Å². The summed E-state index contributed by atoms with van der Waals surface area (Å²) in [5, 5.41) is 3.32. The number of nitrogens with one attached hydrogen (secondary N) is 1. The molecule has 1 fully saturated rings. The second kappa shape index (κ2) is 7.46. The maximum Gasteiger partial charge on any atom is 0.127 e.